The van der Waals surface area contributed by atoms with Crippen molar-refractivity contribution < 1.29 is 14.3 Å². The lowest BCUT2D eigenvalue weighted by molar-refractivity contribution is -0.159. The summed E-state index contributed by atoms with van der Waals surface area (Å²) in [5.41, 5.74) is 0.680. The zero-order valence-electron chi connectivity index (χ0n) is 10.7. The third-order valence-corrected chi connectivity index (χ3v) is 3.74. The molecule has 1 fully saturated rings. The summed E-state index contributed by atoms with van der Waals surface area (Å²) in [6.07, 6.45) is 2.05. The van der Waals surface area contributed by atoms with Crippen LogP contribution in [0.4, 0.5) is 5.69 Å². The van der Waals surface area contributed by atoms with Gasteiger partial charge in [-0.1, -0.05) is 22.4 Å². The zero-order valence-corrected chi connectivity index (χ0v) is 12.3. The van der Waals surface area contributed by atoms with E-state index in [0.717, 1.165) is 23.7 Å². The van der Waals surface area contributed by atoms with Gasteiger partial charge in [0.1, 0.15) is 0 Å². The quantitative estimate of drug-likeness (QED) is 0.865. The predicted octanol–water partition coefficient (Wildman–Crippen LogP) is 3.12. The number of hydrogen-bond acceptors (Lipinski definition) is 3. The number of carbonyl (C=O) groups is 2. The van der Waals surface area contributed by atoms with Crippen LogP contribution in [0.15, 0.2) is 28.7 Å². The molecule has 0 heterocycles. The molecule has 0 radical (unpaired) electrons. The number of nitrogens with one attached hydrogen (secondary N) is 1. The molecule has 1 saturated carbocycles. The Morgan fingerprint density at radius 2 is 1.95 bits per heavy atom. The van der Waals surface area contributed by atoms with Crippen molar-refractivity contribution in [1.82, 2.24) is 0 Å². The van der Waals surface area contributed by atoms with Crippen molar-refractivity contribution in [2.24, 2.45) is 5.92 Å². The van der Waals surface area contributed by atoms with Gasteiger partial charge in [-0.15, -0.1) is 0 Å². The van der Waals surface area contributed by atoms with Gasteiger partial charge in [0.25, 0.3) is 5.91 Å². The number of rotatable bonds is 4. The number of halogens is 1. The van der Waals surface area contributed by atoms with Crippen molar-refractivity contribution in [2.45, 2.75) is 32.3 Å². The Bertz CT molecular complexity index is 468. The maximum Gasteiger partial charge on any atom is 0.309 e. The van der Waals surface area contributed by atoms with E-state index in [9.17, 15) is 9.59 Å². The van der Waals surface area contributed by atoms with Gasteiger partial charge < -0.3 is 10.1 Å². The van der Waals surface area contributed by atoms with Crippen molar-refractivity contribution in [3.63, 3.8) is 0 Å². The van der Waals surface area contributed by atoms with Crippen molar-refractivity contribution in [1.29, 1.82) is 0 Å². The van der Waals surface area contributed by atoms with Gasteiger partial charge in [0.15, 0.2) is 6.10 Å². The Morgan fingerprint density at radius 1 is 1.32 bits per heavy atom. The molecule has 1 N–H and O–H groups in total. The Kier molecular flexibility index (Phi) is 4.58. The Balaban J connectivity index is 1.84. The van der Waals surface area contributed by atoms with Crippen molar-refractivity contribution in [2.75, 3.05) is 5.32 Å². The highest BCUT2D eigenvalue weighted by molar-refractivity contribution is 9.10. The standard InChI is InChI=1S/C14H16BrNO3/c1-9(19-14(18)10-3-2-4-10)13(17)16-12-7-5-11(15)6-8-12/h5-10H,2-4H2,1H3,(H,16,17)/t9-/m0/s1. The molecule has 1 aromatic carbocycles. The van der Waals surface area contributed by atoms with Gasteiger partial charge in [0.05, 0.1) is 5.92 Å². The lowest BCUT2D eigenvalue weighted by Crippen LogP contribution is -2.34. The van der Waals surface area contributed by atoms with Gasteiger partial charge in [-0.25, -0.2) is 0 Å². The van der Waals surface area contributed by atoms with Crippen LogP contribution in [0, 0.1) is 5.92 Å². The maximum atomic E-state index is 11.9. The van der Waals surface area contributed by atoms with Gasteiger partial charge in [0.2, 0.25) is 0 Å². The zero-order chi connectivity index (χ0) is 13.8. The summed E-state index contributed by atoms with van der Waals surface area (Å²) in [5.74, 6) is -0.581. The summed E-state index contributed by atoms with van der Waals surface area (Å²) in [7, 11) is 0. The third-order valence-electron chi connectivity index (χ3n) is 3.21. The molecule has 0 aliphatic heterocycles. The molecular formula is C14H16BrNO3. The van der Waals surface area contributed by atoms with Gasteiger partial charge >= 0.3 is 5.97 Å². The first-order valence-corrected chi connectivity index (χ1v) is 7.12. The number of amides is 1. The molecule has 0 saturated heterocycles. The third kappa shape index (κ3) is 3.80. The van der Waals surface area contributed by atoms with Crippen LogP contribution in [-0.2, 0) is 14.3 Å². The number of hydrogen-bond donors (Lipinski definition) is 1. The number of carbonyl (C=O) groups excluding carboxylic acids is 2. The molecule has 1 aromatic rings. The Labute approximate surface area is 120 Å². The van der Waals surface area contributed by atoms with E-state index in [1.807, 2.05) is 12.1 Å². The molecule has 0 aromatic heterocycles. The molecule has 19 heavy (non-hydrogen) atoms. The summed E-state index contributed by atoms with van der Waals surface area (Å²) < 4.78 is 6.09. The van der Waals surface area contributed by atoms with Gasteiger partial charge in [-0.2, -0.15) is 0 Å². The van der Waals surface area contributed by atoms with E-state index in [0.29, 0.717) is 5.69 Å². The molecule has 102 valence electrons. The Morgan fingerprint density at radius 3 is 2.47 bits per heavy atom. The highest BCUT2D eigenvalue weighted by Crippen LogP contribution is 2.27. The van der Waals surface area contributed by atoms with Crippen LogP contribution >= 0.6 is 15.9 Å². The van der Waals surface area contributed by atoms with Gasteiger partial charge in [-0.3, -0.25) is 9.59 Å². The summed E-state index contributed by atoms with van der Waals surface area (Å²) in [6.45, 7) is 1.59. The van der Waals surface area contributed by atoms with E-state index in [2.05, 4.69) is 21.2 Å². The second kappa shape index (κ2) is 6.19. The minimum Gasteiger partial charge on any atom is -0.452 e. The van der Waals surface area contributed by atoms with E-state index in [1.165, 1.54) is 0 Å². The van der Waals surface area contributed by atoms with E-state index >= 15 is 0 Å². The van der Waals surface area contributed by atoms with E-state index in [1.54, 1.807) is 19.1 Å². The molecule has 1 aliphatic rings. The second-order valence-electron chi connectivity index (χ2n) is 4.70. The first-order chi connectivity index (χ1) is 9.06. The molecule has 0 unspecified atom stereocenters. The smallest absolute Gasteiger partial charge is 0.309 e. The van der Waals surface area contributed by atoms with Crippen molar-refractivity contribution in [3.8, 4) is 0 Å². The van der Waals surface area contributed by atoms with Crippen LogP contribution in [0.1, 0.15) is 26.2 Å². The first-order valence-electron chi connectivity index (χ1n) is 6.33. The molecule has 1 atom stereocenters. The van der Waals surface area contributed by atoms with Gasteiger partial charge in [-0.05, 0) is 44.0 Å². The fourth-order valence-corrected chi connectivity index (χ4v) is 2.01. The average molecular weight is 326 g/mol. The van der Waals surface area contributed by atoms with Crippen LogP contribution in [0.3, 0.4) is 0 Å². The summed E-state index contributed by atoms with van der Waals surface area (Å²) in [4.78, 5) is 23.5. The topological polar surface area (TPSA) is 55.4 Å². The monoisotopic (exact) mass is 325 g/mol. The van der Waals surface area contributed by atoms with Crippen LogP contribution in [0.2, 0.25) is 0 Å². The van der Waals surface area contributed by atoms with E-state index in [-0.39, 0.29) is 17.8 Å². The number of anilines is 1. The molecule has 2 rings (SSSR count). The number of benzene rings is 1. The maximum absolute atomic E-state index is 11.9. The minimum absolute atomic E-state index is 0.0112. The summed E-state index contributed by atoms with van der Waals surface area (Å²) in [6, 6.07) is 7.23. The highest BCUT2D eigenvalue weighted by Gasteiger charge is 2.29. The number of ether oxygens (including phenoxy) is 1. The lowest BCUT2D eigenvalue weighted by Gasteiger charge is -2.24. The highest BCUT2D eigenvalue weighted by atomic mass is 79.9. The van der Waals surface area contributed by atoms with Crippen LogP contribution in [-0.4, -0.2) is 18.0 Å². The Hall–Kier alpha value is -1.36. The summed E-state index contributed by atoms with van der Waals surface area (Å²) >= 11 is 3.32. The summed E-state index contributed by atoms with van der Waals surface area (Å²) in [5, 5.41) is 2.71. The normalized spacial score (nSPS) is 16.3. The largest absolute Gasteiger partial charge is 0.452 e. The molecule has 1 aliphatic carbocycles. The van der Waals surface area contributed by atoms with E-state index in [4.69, 9.17) is 4.74 Å². The fraction of sp³-hybridized carbons (Fsp3) is 0.429. The molecule has 1 amide bonds. The van der Waals surface area contributed by atoms with Gasteiger partial charge in [0, 0.05) is 10.2 Å². The SMILES string of the molecule is C[C@H](OC(=O)C1CCC1)C(=O)Nc1ccc(Br)cc1. The average Bonchev–Trinajstić information content (AvgIpc) is 2.29. The van der Waals surface area contributed by atoms with Crippen LogP contribution in [0.25, 0.3) is 0 Å². The molecule has 0 spiro atoms. The molecule has 0 bridgehead atoms. The molecular weight excluding hydrogens is 310 g/mol. The van der Waals surface area contributed by atoms with Crippen LogP contribution < -0.4 is 5.32 Å². The predicted molar refractivity (Wildman–Crippen MR) is 75.7 cm³/mol. The first kappa shape index (κ1) is 14.1. The van der Waals surface area contributed by atoms with E-state index < -0.39 is 6.10 Å². The fourth-order valence-electron chi connectivity index (χ4n) is 1.75. The van der Waals surface area contributed by atoms with Crippen molar-refractivity contribution in [3.05, 3.63) is 28.7 Å². The number of esters is 1. The minimum atomic E-state index is -0.767. The van der Waals surface area contributed by atoms with Crippen molar-refractivity contribution >= 4 is 33.5 Å². The lowest BCUT2D eigenvalue weighted by atomic mass is 9.86. The second-order valence-corrected chi connectivity index (χ2v) is 5.62. The molecule has 4 nitrogen and oxygen atoms in total. The molecule has 5 heteroatoms. The van der Waals surface area contributed by atoms with Crippen LogP contribution in [0.5, 0.6) is 0 Å².